The van der Waals surface area contributed by atoms with Gasteiger partial charge in [0.1, 0.15) is 0 Å². The molecule has 2 nitrogen and oxygen atoms in total. The average molecular weight is 191 g/mol. The number of nitrogens with zero attached hydrogens (tertiary/aromatic N) is 1. The summed E-state index contributed by atoms with van der Waals surface area (Å²) in [4.78, 5) is 4.25. The van der Waals surface area contributed by atoms with Crippen molar-refractivity contribution in [3.63, 3.8) is 0 Å². The van der Waals surface area contributed by atoms with Crippen molar-refractivity contribution in [3.05, 3.63) is 45.9 Å². The highest BCUT2D eigenvalue weighted by Crippen LogP contribution is 2.04. The van der Waals surface area contributed by atoms with E-state index in [1.54, 1.807) is 18.0 Å². The van der Waals surface area contributed by atoms with Gasteiger partial charge in [0, 0.05) is 11.4 Å². The lowest BCUT2D eigenvalue weighted by Crippen LogP contribution is -2.24. The molecular weight excluding hydrogens is 182 g/mol. The van der Waals surface area contributed by atoms with Gasteiger partial charge in [-0.3, -0.25) is 4.99 Å². The Kier molecular flexibility index (Phi) is 2.47. The van der Waals surface area contributed by atoms with Crippen molar-refractivity contribution in [1.29, 1.82) is 0 Å². The second-order valence-electron chi connectivity index (χ2n) is 2.72. The number of hydrogen-bond acceptors (Lipinski definition) is 3. The highest BCUT2D eigenvalue weighted by Gasteiger charge is 1.93. The largest absolute Gasteiger partial charge is 0.392 e. The molecule has 0 unspecified atom stereocenters. The first kappa shape index (κ1) is 8.53. The number of benzene rings is 1. The maximum atomic E-state index is 8.93. The predicted octanol–water partition coefficient (Wildman–Crippen LogP) is 0.754. The number of hydrogen-bond donors (Lipinski definition) is 1. The summed E-state index contributed by atoms with van der Waals surface area (Å²) < 4.78 is 0. The van der Waals surface area contributed by atoms with Crippen LogP contribution < -0.4 is 10.6 Å². The minimum Gasteiger partial charge on any atom is -0.392 e. The first-order valence-corrected chi connectivity index (χ1v) is 4.93. The average Bonchev–Trinajstić information content (AvgIpc) is 2.41. The third-order valence-electron chi connectivity index (χ3n) is 1.83. The van der Waals surface area contributed by atoms with Gasteiger partial charge in [-0.1, -0.05) is 12.1 Å². The SMILES string of the molecule is OCc1ccc2c(c1)=NC=CSC=2. The van der Waals surface area contributed by atoms with Gasteiger partial charge >= 0.3 is 0 Å². The smallest absolute Gasteiger partial charge is 0.0711 e. The lowest BCUT2D eigenvalue weighted by molar-refractivity contribution is 0.281. The van der Waals surface area contributed by atoms with Crippen LogP contribution in [-0.2, 0) is 6.61 Å². The zero-order chi connectivity index (χ0) is 9.10. The molecule has 3 heteroatoms. The van der Waals surface area contributed by atoms with Crippen molar-refractivity contribution in [3.8, 4) is 0 Å². The molecule has 13 heavy (non-hydrogen) atoms. The molecule has 0 saturated heterocycles. The summed E-state index contributed by atoms with van der Waals surface area (Å²) in [7, 11) is 0. The fourth-order valence-electron chi connectivity index (χ4n) is 1.16. The molecule has 1 N–H and O–H groups in total. The predicted molar refractivity (Wildman–Crippen MR) is 54.3 cm³/mol. The van der Waals surface area contributed by atoms with Crippen molar-refractivity contribution < 1.29 is 5.11 Å². The molecule has 0 radical (unpaired) electrons. The molecular formula is C10H9NOS. The molecule has 1 aromatic carbocycles. The molecule has 0 spiro atoms. The van der Waals surface area contributed by atoms with Gasteiger partial charge in [0.25, 0.3) is 0 Å². The summed E-state index contributed by atoms with van der Waals surface area (Å²) in [5, 5.41) is 14.9. The van der Waals surface area contributed by atoms with Crippen LogP contribution in [0.25, 0.3) is 5.41 Å². The summed E-state index contributed by atoms with van der Waals surface area (Å²) in [6.45, 7) is 0.0691. The zero-order valence-corrected chi connectivity index (χ0v) is 7.79. The van der Waals surface area contributed by atoms with E-state index < -0.39 is 0 Å². The van der Waals surface area contributed by atoms with Gasteiger partial charge in [-0.25, -0.2) is 0 Å². The van der Waals surface area contributed by atoms with Crippen LogP contribution in [0.15, 0.2) is 34.8 Å². The van der Waals surface area contributed by atoms with Gasteiger partial charge in [-0.05, 0) is 22.4 Å². The zero-order valence-electron chi connectivity index (χ0n) is 6.97. The van der Waals surface area contributed by atoms with E-state index in [1.165, 1.54) is 0 Å². The number of aliphatic hydroxyl groups is 1. The number of rotatable bonds is 1. The molecule has 0 fully saturated rings. The molecule has 1 aliphatic rings. The Labute approximate surface area is 80.3 Å². The standard InChI is InChI=1S/C10H9NOS/c12-6-8-1-2-9-7-13-4-3-11-10(9)5-8/h1-5,7,12H,6H2. The van der Waals surface area contributed by atoms with E-state index in [4.69, 9.17) is 5.11 Å². The second-order valence-corrected chi connectivity index (χ2v) is 3.50. The normalized spacial score (nSPS) is 13.9. The van der Waals surface area contributed by atoms with Gasteiger partial charge in [0.15, 0.2) is 0 Å². The molecule has 66 valence electrons. The van der Waals surface area contributed by atoms with Crippen LogP contribution >= 0.6 is 11.8 Å². The van der Waals surface area contributed by atoms with Gasteiger partial charge in [-0.2, -0.15) is 0 Å². The fourth-order valence-corrected chi connectivity index (χ4v) is 1.71. The summed E-state index contributed by atoms with van der Waals surface area (Å²) in [5.74, 6) is 0. The minimum absolute atomic E-state index is 0.0691. The van der Waals surface area contributed by atoms with Crippen LogP contribution in [-0.4, -0.2) is 5.11 Å². The molecule has 0 aliphatic carbocycles. The van der Waals surface area contributed by atoms with E-state index in [0.717, 1.165) is 16.1 Å². The Hall–Kier alpha value is -1.06. The Bertz CT molecular complexity index is 450. The molecule has 1 aliphatic heterocycles. The molecule has 0 aromatic heterocycles. The lowest BCUT2D eigenvalue weighted by Gasteiger charge is -1.94. The summed E-state index contributed by atoms with van der Waals surface area (Å²) in [6.07, 6.45) is 1.77. The first-order valence-electron chi connectivity index (χ1n) is 3.98. The van der Waals surface area contributed by atoms with Crippen LogP contribution in [0, 0.1) is 0 Å². The molecule has 2 rings (SSSR count). The highest BCUT2D eigenvalue weighted by atomic mass is 32.2. The molecule has 0 saturated carbocycles. The van der Waals surface area contributed by atoms with Crippen LogP contribution in [0.4, 0.5) is 0 Å². The summed E-state index contributed by atoms with van der Waals surface area (Å²) >= 11 is 1.61. The second kappa shape index (κ2) is 3.77. The fraction of sp³-hybridized carbons (Fsp3) is 0.100. The Morgan fingerprint density at radius 3 is 3.15 bits per heavy atom. The lowest BCUT2D eigenvalue weighted by atomic mass is 10.2. The van der Waals surface area contributed by atoms with E-state index in [0.29, 0.717) is 0 Å². The third kappa shape index (κ3) is 1.82. The maximum absolute atomic E-state index is 8.93. The summed E-state index contributed by atoms with van der Waals surface area (Å²) in [6, 6.07) is 5.79. The molecule has 0 bridgehead atoms. The van der Waals surface area contributed by atoms with Crippen LogP contribution in [0.1, 0.15) is 5.56 Å². The van der Waals surface area contributed by atoms with E-state index in [-0.39, 0.29) is 6.61 Å². The van der Waals surface area contributed by atoms with E-state index >= 15 is 0 Å². The van der Waals surface area contributed by atoms with Crippen LogP contribution in [0.5, 0.6) is 0 Å². The van der Waals surface area contributed by atoms with E-state index in [2.05, 4.69) is 4.99 Å². The highest BCUT2D eigenvalue weighted by molar-refractivity contribution is 8.09. The van der Waals surface area contributed by atoms with Gasteiger partial charge in [0.2, 0.25) is 0 Å². The quantitative estimate of drug-likeness (QED) is 0.710. The molecule has 0 amide bonds. The molecule has 1 aromatic rings. The Morgan fingerprint density at radius 1 is 1.38 bits per heavy atom. The van der Waals surface area contributed by atoms with Crippen molar-refractivity contribution in [2.75, 3.05) is 0 Å². The monoisotopic (exact) mass is 191 g/mol. The van der Waals surface area contributed by atoms with E-state index in [9.17, 15) is 0 Å². The van der Waals surface area contributed by atoms with Crippen molar-refractivity contribution in [2.45, 2.75) is 6.61 Å². The maximum Gasteiger partial charge on any atom is 0.0711 e. The van der Waals surface area contributed by atoms with Crippen molar-refractivity contribution >= 4 is 17.2 Å². The van der Waals surface area contributed by atoms with Crippen LogP contribution in [0.3, 0.4) is 0 Å². The number of thioether (sulfide) groups is 1. The molecule has 0 atom stereocenters. The Morgan fingerprint density at radius 2 is 2.31 bits per heavy atom. The van der Waals surface area contributed by atoms with Crippen LogP contribution in [0.2, 0.25) is 0 Å². The van der Waals surface area contributed by atoms with Crippen molar-refractivity contribution in [2.24, 2.45) is 4.99 Å². The van der Waals surface area contributed by atoms with Gasteiger partial charge < -0.3 is 5.11 Å². The van der Waals surface area contributed by atoms with E-state index in [1.807, 2.05) is 29.0 Å². The topological polar surface area (TPSA) is 32.6 Å². The summed E-state index contributed by atoms with van der Waals surface area (Å²) in [5.41, 5.74) is 0.899. The Balaban J connectivity index is 2.67. The number of aliphatic hydroxyl groups excluding tert-OH is 1. The van der Waals surface area contributed by atoms with Gasteiger partial charge in [-0.15, -0.1) is 11.8 Å². The third-order valence-corrected chi connectivity index (χ3v) is 2.49. The van der Waals surface area contributed by atoms with Gasteiger partial charge in [0.05, 0.1) is 12.0 Å². The minimum atomic E-state index is 0.0691. The first-order chi connectivity index (χ1) is 6.40. The van der Waals surface area contributed by atoms with Crippen molar-refractivity contribution in [1.82, 2.24) is 0 Å². The number of fused-ring (bicyclic) bond motifs is 1. The molecule has 1 heterocycles.